The minimum Gasteiger partial charge on any atom is -0.372 e. The molecule has 1 aliphatic heterocycles. The Balaban J connectivity index is 2.16. The molecule has 3 atom stereocenters. The van der Waals surface area contributed by atoms with Crippen LogP contribution < -0.4 is 4.72 Å². The number of benzene rings is 1. The third-order valence-electron chi connectivity index (χ3n) is 4.01. The lowest BCUT2D eigenvalue weighted by Crippen LogP contribution is -2.41. The Morgan fingerprint density at radius 2 is 1.86 bits per heavy atom. The Morgan fingerprint density at radius 3 is 2.36 bits per heavy atom. The first-order valence-electron chi connectivity index (χ1n) is 7.44. The van der Waals surface area contributed by atoms with Gasteiger partial charge in [-0.25, -0.2) is 13.1 Å². The number of rotatable bonds is 4. The van der Waals surface area contributed by atoms with E-state index in [1.54, 1.807) is 12.1 Å². The van der Waals surface area contributed by atoms with Crippen LogP contribution in [0, 0.1) is 12.3 Å². The molecule has 6 heteroatoms. The molecule has 2 rings (SSSR count). The Bertz CT molecular complexity index is 607. The third kappa shape index (κ3) is 4.21. The zero-order valence-electron chi connectivity index (χ0n) is 13.5. The van der Waals surface area contributed by atoms with E-state index in [1.165, 1.54) is 0 Å². The summed E-state index contributed by atoms with van der Waals surface area (Å²) in [5, 5.41) is 0. The maximum atomic E-state index is 12.5. The lowest BCUT2D eigenvalue weighted by molar-refractivity contribution is -0.00700. The average Bonchev–Trinajstić information content (AvgIpc) is 2.81. The first-order valence-corrected chi connectivity index (χ1v) is 10.4. The Kier molecular flexibility index (Phi) is 5.57. The van der Waals surface area contributed by atoms with Gasteiger partial charge in [0.2, 0.25) is 10.0 Å². The number of alkyl halides is 1. The van der Waals surface area contributed by atoms with Crippen LogP contribution in [0.25, 0.3) is 0 Å². The van der Waals surface area contributed by atoms with Gasteiger partial charge in [-0.15, -0.1) is 0 Å². The lowest BCUT2D eigenvalue weighted by Gasteiger charge is -2.26. The molecule has 124 valence electrons. The predicted octanol–water partition coefficient (Wildman–Crippen LogP) is 3.28. The van der Waals surface area contributed by atoms with Crippen LogP contribution in [0.5, 0.6) is 0 Å². The summed E-state index contributed by atoms with van der Waals surface area (Å²) in [6, 6.07) is 6.75. The molecule has 1 fully saturated rings. The summed E-state index contributed by atoms with van der Waals surface area (Å²) in [4.78, 5) is 0.310. The van der Waals surface area contributed by atoms with Crippen molar-refractivity contribution < 1.29 is 13.2 Å². The molecular weight excluding hydrogens is 413 g/mol. The van der Waals surface area contributed by atoms with Gasteiger partial charge in [-0.3, -0.25) is 0 Å². The van der Waals surface area contributed by atoms with Gasteiger partial charge in [-0.1, -0.05) is 61.1 Å². The van der Waals surface area contributed by atoms with Crippen molar-refractivity contribution in [1.29, 1.82) is 0 Å². The van der Waals surface area contributed by atoms with Gasteiger partial charge in [-0.2, -0.15) is 0 Å². The summed E-state index contributed by atoms with van der Waals surface area (Å²) < 4.78 is 34.8. The van der Waals surface area contributed by atoms with Crippen molar-refractivity contribution >= 4 is 32.6 Å². The molecule has 1 aliphatic rings. The van der Waals surface area contributed by atoms with Crippen LogP contribution in [0.3, 0.4) is 0 Å². The second-order valence-electron chi connectivity index (χ2n) is 6.96. The molecule has 0 spiro atoms. The monoisotopic (exact) mass is 437 g/mol. The maximum absolute atomic E-state index is 12.5. The normalized spacial score (nSPS) is 26.3. The second-order valence-corrected chi connectivity index (χ2v) is 9.55. The zero-order valence-corrected chi connectivity index (χ0v) is 16.4. The van der Waals surface area contributed by atoms with E-state index in [9.17, 15) is 8.42 Å². The molecular formula is C16H24INO3S. The number of hydrogen-bond donors (Lipinski definition) is 1. The zero-order chi connectivity index (χ0) is 16.5. The summed E-state index contributed by atoms with van der Waals surface area (Å²) in [7, 11) is -3.51. The third-order valence-corrected chi connectivity index (χ3v) is 6.39. The Labute approximate surface area is 147 Å². The van der Waals surface area contributed by atoms with E-state index in [4.69, 9.17) is 4.74 Å². The highest BCUT2D eigenvalue weighted by atomic mass is 127. The minimum atomic E-state index is -3.51. The number of halogens is 1. The Hall–Kier alpha value is -0.180. The van der Waals surface area contributed by atoms with Crippen molar-refractivity contribution in [1.82, 2.24) is 4.72 Å². The molecule has 0 bridgehead atoms. The summed E-state index contributed by atoms with van der Waals surface area (Å²) in [6.45, 7) is 8.31. The summed E-state index contributed by atoms with van der Waals surface area (Å²) >= 11 is 2.25. The molecule has 0 unspecified atom stereocenters. The van der Waals surface area contributed by atoms with Crippen LogP contribution in [0.2, 0.25) is 0 Å². The summed E-state index contributed by atoms with van der Waals surface area (Å²) in [5.74, 6) is 0. The number of ether oxygens (including phenoxy) is 1. The highest BCUT2D eigenvalue weighted by Gasteiger charge is 2.41. The number of nitrogens with one attached hydrogen (secondary N) is 1. The molecule has 1 N–H and O–H groups in total. The molecule has 1 heterocycles. The standard InChI is InChI=1S/C16H24INO3S/c1-11-5-7-12(8-6-11)22(19,20)18-13-9-15(16(2,3)4)21-14(13)10-17/h5-8,13-15,18H,9-10H2,1-4H3/t13-,14-,15+/m0/s1. The van der Waals surface area contributed by atoms with Crippen molar-refractivity contribution in [3.05, 3.63) is 29.8 Å². The largest absolute Gasteiger partial charge is 0.372 e. The fourth-order valence-electron chi connectivity index (χ4n) is 2.55. The molecule has 0 aromatic heterocycles. The van der Waals surface area contributed by atoms with Crippen molar-refractivity contribution in [2.24, 2.45) is 5.41 Å². The van der Waals surface area contributed by atoms with Crippen LogP contribution in [0.1, 0.15) is 32.8 Å². The van der Waals surface area contributed by atoms with Crippen LogP contribution in [-0.2, 0) is 14.8 Å². The van der Waals surface area contributed by atoms with E-state index in [0.29, 0.717) is 11.3 Å². The maximum Gasteiger partial charge on any atom is 0.240 e. The van der Waals surface area contributed by atoms with Gasteiger partial charge in [0.1, 0.15) is 0 Å². The first-order chi connectivity index (χ1) is 10.1. The van der Waals surface area contributed by atoms with Gasteiger partial charge in [-0.05, 0) is 30.9 Å². The topological polar surface area (TPSA) is 55.4 Å². The van der Waals surface area contributed by atoms with Crippen molar-refractivity contribution in [3.8, 4) is 0 Å². The van der Waals surface area contributed by atoms with E-state index in [0.717, 1.165) is 9.99 Å². The smallest absolute Gasteiger partial charge is 0.240 e. The lowest BCUT2D eigenvalue weighted by atomic mass is 9.87. The van der Waals surface area contributed by atoms with E-state index in [2.05, 4.69) is 48.1 Å². The fourth-order valence-corrected chi connectivity index (χ4v) is 4.65. The van der Waals surface area contributed by atoms with Gasteiger partial charge < -0.3 is 4.74 Å². The van der Waals surface area contributed by atoms with Gasteiger partial charge in [0.05, 0.1) is 23.1 Å². The molecule has 22 heavy (non-hydrogen) atoms. The van der Waals surface area contributed by atoms with Gasteiger partial charge in [0, 0.05) is 4.43 Å². The number of sulfonamides is 1. The van der Waals surface area contributed by atoms with E-state index < -0.39 is 10.0 Å². The molecule has 0 radical (unpaired) electrons. The molecule has 1 aromatic carbocycles. The van der Waals surface area contributed by atoms with Crippen LogP contribution in [-0.4, -0.2) is 31.1 Å². The number of aryl methyl sites for hydroxylation is 1. The fraction of sp³-hybridized carbons (Fsp3) is 0.625. The van der Waals surface area contributed by atoms with E-state index >= 15 is 0 Å². The van der Waals surface area contributed by atoms with E-state index in [1.807, 2.05) is 19.1 Å². The quantitative estimate of drug-likeness (QED) is 0.581. The minimum absolute atomic E-state index is 0.00805. The van der Waals surface area contributed by atoms with Gasteiger partial charge >= 0.3 is 0 Å². The van der Waals surface area contributed by atoms with Crippen LogP contribution in [0.4, 0.5) is 0 Å². The highest BCUT2D eigenvalue weighted by Crippen LogP contribution is 2.34. The van der Waals surface area contributed by atoms with Crippen molar-refractivity contribution in [2.75, 3.05) is 4.43 Å². The first kappa shape index (κ1) is 18.2. The van der Waals surface area contributed by atoms with Gasteiger partial charge in [0.15, 0.2) is 0 Å². The van der Waals surface area contributed by atoms with E-state index in [-0.39, 0.29) is 23.7 Å². The number of hydrogen-bond acceptors (Lipinski definition) is 3. The predicted molar refractivity (Wildman–Crippen MR) is 96.9 cm³/mol. The SMILES string of the molecule is Cc1ccc(S(=O)(=O)N[C@H]2C[C@H](C(C)(C)C)O[C@H]2CI)cc1. The molecule has 4 nitrogen and oxygen atoms in total. The summed E-state index contributed by atoms with van der Waals surface area (Å²) in [5.41, 5.74) is 1.05. The molecule has 1 saturated heterocycles. The van der Waals surface area contributed by atoms with Crippen LogP contribution >= 0.6 is 22.6 Å². The molecule has 0 amide bonds. The summed E-state index contributed by atoms with van der Waals surface area (Å²) in [6.07, 6.45) is 0.699. The molecule has 1 aromatic rings. The highest BCUT2D eigenvalue weighted by molar-refractivity contribution is 14.1. The molecule has 0 aliphatic carbocycles. The average molecular weight is 437 g/mol. The second kappa shape index (κ2) is 6.75. The van der Waals surface area contributed by atoms with Crippen molar-refractivity contribution in [2.45, 2.75) is 57.3 Å². The Morgan fingerprint density at radius 1 is 1.27 bits per heavy atom. The van der Waals surface area contributed by atoms with Gasteiger partial charge in [0.25, 0.3) is 0 Å². The van der Waals surface area contributed by atoms with Crippen LogP contribution in [0.15, 0.2) is 29.2 Å². The van der Waals surface area contributed by atoms with Crippen molar-refractivity contribution in [3.63, 3.8) is 0 Å². The molecule has 0 saturated carbocycles.